The largest absolute Gasteiger partial charge is 0.493 e. The zero-order valence-corrected chi connectivity index (χ0v) is 22.0. The minimum atomic E-state index is -0.145. The zero-order chi connectivity index (χ0) is 24.4. The highest BCUT2D eigenvalue weighted by atomic mass is 79.9. The molecule has 4 aromatic carbocycles. The fourth-order valence-corrected chi connectivity index (χ4v) is 5.56. The Labute approximate surface area is 221 Å². The number of nitrogens with zero attached hydrogens (tertiary/aromatic N) is 1. The Morgan fingerprint density at radius 3 is 2.46 bits per heavy atom. The fourth-order valence-electron chi connectivity index (χ4n) is 3.83. The molecule has 4 nitrogen and oxygen atoms in total. The number of para-hydroxylation sites is 1. The number of carbonyl (C=O) groups is 1. The third kappa shape index (κ3) is 4.98. The molecule has 0 atom stereocenters. The third-order valence-corrected chi connectivity index (χ3v) is 7.57. The van der Waals surface area contributed by atoms with Gasteiger partial charge < -0.3 is 9.47 Å². The van der Waals surface area contributed by atoms with Crippen molar-refractivity contribution in [3.8, 4) is 11.5 Å². The number of fused-ring (bicyclic) bond motifs is 1. The average Bonchev–Trinajstić information content (AvgIpc) is 3.16. The van der Waals surface area contributed by atoms with Gasteiger partial charge in [-0.2, -0.15) is 0 Å². The third-order valence-electron chi connectivity index (χ3n) is 5.59. The smallest absolute Gasteiger partial charge is 0.270 e. The van der Waals surface area contributed by atoms with E-state index in [1.807, 2.05) is 60.7 Å². The number of halogens is 1. The first-order valence-electron chi connectivity index (χ1n) is 10.8. The number of methoxy groups -OCH3 is 1. The predicted octanol–water partition coefficient (Wildman–Crippen LogP) is 7.60. The topological polar surface area (TPSA) is 38.8 Å². The average molecular weight is 563 g/mol. The summed E-state index contributed by atoms with van der Waals surface area (Å²) in [6, 6.07) is 27.7. The molecular weight excluding hydrogens is 542 g/mol. The number of thiocarbonyl (C=S) groups is 1. The fraction of sp³-hybridized carbons (Fsp3) is 0.0714. The van der Waals surface area contributed by atoms with E-state index in [0.29, 0.717) is 27.3 Å². The summed E-state index contributed by atoms with van der Waals surface area (Å²) in [7, 11) is 1.60. The number of thioether (sulfide) groups is 1. The van der Waals surface area contributed by atoms with Crippen molar-refractivity contribution in [2.75, 3.05) is 12.0 Å². The van der Waals surface area contributed by atoms with E-state index < -0.39 is 0 Å². The van der Waals surface area contributed by atoms with Gasteiger partial charge in [0.1, 0.15) is 6.61 Å². The molecule has 0 aromatic heterocycles. The lowest BCUT2D eigenvalue weighted by Crippen LogP contribution is -2.27. The Bertz CT molecular complexity index is 1470. The van der Waals surface area contributed by atoms with Crippen molar-refractivity contribution in [2.24, 2.45) is 0 Å². The molecule has 0 saturated carbocycles. The van der Waals surface area contributed by atoms with Gasteiger partial charge in [0.05, 0.1) is 17.7 Å². The monoisotopic (exact) mass is 561 g/mol. The Hall–Kier alpha value is -3.13. The number of benzene rings is 4. The number of hydrogen-bond acceptors (Lipinski definition) is 5. The summed E-state index contributed by atoms with van der Waals surface area (Å²) in [5.74, 6) is 1.05. The maximum absolute atomic E-state index is 13.1. The Kier molecular flexibility index (Phi) is 6.90. The minimum Gasteiger partial charge on any atom is -0.493 e. The molecule has 7 heteroatoms. The van der Waals surface area contributed by atoms with E-state index in [9.17, 15) is 4.79 Å². The van der Waals surface area contributed by atoms with Crippen molar-refractivity contribution in [3.63, 3.8) is 0 Å². The van der Waals surface area contributed by atoms with Gasteiger partial charge in [-0.05, 0) is 58.3 Å². The highest BCUT2D eigenvalue weighted by Crippen LogP contribution is 2.39. The number of carbonyl (C=O) groups excluding carboxylic acids is 1. The van der Waals surface area contributed by atoms with E-state index in [4.69, 9.17) is 21.7 Å². The summed E-state index contributed by atoms with van der Waals surface area (Å²) in [5.41, 5.74) is 2.62. The van der Waals surface area contributed by atoms with Crippen molar-refractivity contribution in [1.29, 1.82) is 0 Å². The summed E-state index contributed by atoms with van der Waals surface area (Å²) in [6.07, 6.45) is 1.82. The molecule has 1 heterocycles. The molecule has 0 unspecified atom stereocenters. The summed E-state index contributed by atoms with van der Waals surface area (Å²) in [5, 5.41) is 2.36. The molecule has 0 N–H and O–H groups in total. The second-order valence-corrected chi connectivity index (χ2v) is 10.4. The molecule has 35 heavy (non-hydrogen) atoms. The van der Waals surface area contributed by atoms with E-state index in [-0.39, 0.29) is 5.91 Å². The number of ether oxygens (including phenoxy) is 2. The Morgan fingerprint density at radius 1 is 0.943 bits per heavy atom. The molecule has 174 valence electrons. The molecule has 1 fully saturated rings. The standard InChI is InChI=1S/C28H20BrNO3S2/c1-32-24-14-21(15-26-27(31)30(28(34)35-26)22-9-3-2-4-10-22)23(29)16-25(24)33-17-18-11-12-19-7-5-6-8-20(19)13-18/h2-16H,17H2,1H3/b26-15+. The number of hydrogen-bond donors (Lipinski definition) is 0. The molecule has 0 radical (unpaired) electrons. The normalized spacial score (nSPS) is 14.7. The molecule has 1 amide bonds. The van der Waals surface area contributed by atoms with E-state index in [1.165, 1.54) is 22.5 Å². The van der Waals surface area contributed by atoms with Gasteiger partial charge in [0, 0.05) is 4.47 Å². The van der Waals surface area contributed by atoms with Crippen molar-refractivity contribution in [2.45, 2.75) is 6.61 Å². The van der Waals surface area contributed by atoms with Gasteiger partial charge in [-0.15, -0.1) is 0 Å². The minimum absolute atomic E-state index is 0.145. The van der Waals surface area contributed by atoms with Gasteiger partial charge in [0.25, 0.3) is 5.91 Å². The molecule has 1 aliphatic heterocycles. The summed E-state index contributed by atoms with van der Waals surface area (Å²) in [4.78, 5) is 15.2. The SMILES string of the molecule is COc1cc(/C=C2/SC(=S)N(c3ccccc3)C2=O)c(Br)cc1OCc1ccc2ccccc2c1. The van der Waals surface area contributed by atoms with Crippen LogP contribution in [0.3, 0.4) is 0 Å². The maximum Gasteiger partial charge on any atom is 0.270 e. The van der Waals surface area contributed by atoms with Crippen molar-refractivity contribution < 1.29 is 14.3 Å². The summed E-state index contributed by atoms with van der Waals surface area (Å²) < 4.78 is 13.0. The number of amides is 1. The van der Waals surface area contributed by atoms with E-state index in [2.05, 4.69) is 46.3 Å². The summed E-state index contributed by atoms with van der Waals surface area (Å²) in [6.45, 7) is 0.405. The van der Waals surface area contributed by atoms with Crippen LogP contribution in [0.5, 0.6) is 11.5 Å². The van der Waals surface area contributed by atoms with Crippen molar-refractivity contribution in [3.05, 3.63) is 105 Å². The molecule has 4 aromatic rings. The molecule has 5 rings (SSSR count). The van der Waals surface area contributed by atoms with Crippen LogP contribution in [0, 0.1) is 0 Å². The van der Waals surface area contributed by atoms with Crippen LogP contribution in [-0.4, -0.2) is 17.3 Å². The second-order valence-electron chi connectivity index (χ2n) is 7.85. The first-order chi connectivity index (χ1) is 17.0. The predicted molar refractivity (Wildman–Crippen MR) is 151 cm³/mol. The van der Waals surface area contributed by atoms with Crippen molar-refractivity contribution in [1.82, 2.24) is 0 Å². The van der Waals surface area contributed by atoms with Gasteiger partial charge in [0.15, 0.2) is 15.8 Å². The highest BCUT2D eigenvalue weighted by Gasteiger charge is 2.33. The maximum atomic E-state index is 13.1. The highest BCUT2D eigenvalue weighted by molar-refractivity contribution is 9.10. The van der Waals surface area contributed by atoms with Crippen LogP contribution in [0.4, 0.5) is 5.69 Å². The first-order valence-corrected chi connectivity index (χ1v) is 12.9. The molecule has 0 bridgehead atoms. The molecular formula is C28H20BrNO3S2. The lowest BCUT2D eigenvalue weighted by atomic mass is 10.1. The number of anilines is 1. The van der Waals surface area contributed by atoms with Crippen LogP contribution < -0.4 is 14.4 Å². The van der Waals surface area contributed by atoms with Gasteiger partial charge >= 0.3 is 0 Å². The molecule has 1 saturated heterocycles. The zero-order valence-electron chi connectivity index (χ0n) is 18.7. The van der Waals surface area contributed by atoms with Gasteiger partial charge in [-0.3, -0.25) is 9.69 Å². The molecule has 0 aliphatic carbocycles. The van der Waals surface area contributed by atoms with Crippen LogP contribution in [0.15, 0.2) is 94.3 Å². The lowest BCUT2D eigenvalue weighted by molar-refractivity contribution is -0.113. The van der Waals surface area contributed by atoms with Crippen molar-refractivity contribution >= 4 is 72.7 Å². The molecule has 0 spiro atoms. The van der Waals surface area contributed by atoms with Crippen LogP contribution in [0.25, 0.3) is 16.8 Å². The second kappa shape index (κ2) is 10.2. The van der Waals surface area contributed by atoms with Crippen LogP contribution in [-0.2, 0) is 11.4 Å². The Balaban J connectivity index is 1.38. The van der Waals surface area contributed by atoms with Gasteiger partial charge in [-0.25, -0.2) is 0 Å². The lowest BCUT2D eigenvalue weighted by Gasteiger charge is -2.14. The first kappa shape index (κ1) is 23.6. The van der Waals surface area contributed by atoms with Gasteiger partial charge in [-0.1, -0.05) is 94.5 Å². The van der Waals surface area contributed by atoms with E-state index in [1.54, 1.807) is 12.0 Å². The Morgan fingerprint density at radius 2 is 1.69 bits per heavy atom. The number of rotatable bonds is 6. The molecule has 1 aliphatic rings. The van der Waals surface area contributed by atoms with E-state index >= 15 is 0 Å². The van der Waals surface area contributed by atoms with Crippen LogP contribution >= 0.6 is 39.9 Å². The quantitative estimate of drug-likeness (QED) is 0.179. The summed E-state index contributed by atoms with van der Waals surface area (Å²) >= 11 is 10.4. The van der Waals surface area contributed by atoms with Gasteiger partial charge in [0.2, 0.25) is 0 Å². The van der Waals surface area contributed by atoms with Crippen LogP contribution in [0.1, 0.15) is 11.1 Å². The van der Waals surface area contributed by atoms with Crippen LogP contribution in [0.2, 0.25) is 0 Å². The van der Waals surface area contributed by atoms with E-state index in [0.717, 1.165) is 21.3 Å².